The van der Waals surface area contributed by atoms with E-state index >= 15 is 0 Å². The van der Waals surface area contributed by atoms with Gasteiger partial charge in [-0.15, -0.1) is 5.10 Å². The first-order chi connectivity index (χ1) is 9.49. The summed E-state index contributed by atoms with van der Waals surface area (Å²) in [6, 6.07) is 5.93. The second kappa shape index (κ2) is 6.23. The molecule has 20 heavy (non-hydrogen) atoms. The lowest BCUT2D eigenvalue weighted by molar-refractivity contribution is 0.533. The lowest BCUT2D eigenvalue weighted by Gasteiger charge is -2.13. The van der Waals surface area contributed by atoms with Crippen LogP contribution in [-0.4, -0.2) is 20.5 Å². The molecule has 0 aliphatic heterocycles. The van der Waals surface area contributed by atoms with Crippen LogP contribution in [0.25, 0.3) is 0 Å². The molecule has 1 aromatic carbocycles. The molecule has 1 atom stereocenters. The fourth-order valence-electron chi connectivity index (χ4n) is 1.85. The van der Waals surface area contributed by atoms with Crippen LogP contribution >= 0.6 is 11.8 Å². The first-order valence-corrected chi connectivity index (χ1v) is 7.28. The molecule has 0 aliphatic carbocycles. The summed E-state index contributed by atoms with van der Waals surface area (Å²) in [5.41, 5.74) is 6.53. The van der Waals surface area contributed by atoms with E-state index in [0.717, 1.165) is 5.56 Å². The van der Waals surface area contributed by atoms with Crippen LogP contribution in [-0.2, 0) is 0 Å². The highest BCUT2D eigenvalue weighted by Gasteiger charge is 2.14. The van der Waals surface area contributed by atoms with Gasteiger partial charge in [0.25, 0.3) is 0 Å². The molecular weight excluding hydrogens is 279 g/mol. The maximum Gasteiger partial charge on any atom is 0.344 e. The van der Waals surface area contributed by atoms with E-state index in [1.54, 1.807) is 16.7 Å². The van der Waals surface area contributed by atoms with Gasteiger partial charge in [0.2, 0.25) is 0 Å². The van der Waals surface area contributed by atoms with Gasteiger partial charge < -0.3 is 5.73 Å². The number of aromatic nitrogens is 3. The van der Waals surface area contributed by atoms with Crippen molar-refractivity contribution in [2.45, 2.75) is 31.1 Å². The minimum Gasteiger partial charge on any atom is -0.323 e. The molecular formula is C13H17FN4OS. The van der Waals surface area contributed by atoms with E-state index < -0.39 is 0 Å². The number of nitrogens with zero attached hydrogens (tertiary/aromatic N) is 2. The Hall–Kier alpha value is -1.60. The average Bonchev–Trinajstić information content (AvgIpc) is 2.77. The number of thioether (sulfide) groups is 1. The highest BCUT2D eigenvalue weighted by Crippen LogP contribution is 2.22. The van der Waals surface area contributed by atoms with Crippen LogP contribution in [0.15, 0.2) is 34.2 Å². The molecule has 2 rings (SSSR count). The standard InChI is InChI=1S/C13H17FN4OS/c1-8(2)18-12(19)16-17-13(18)20-7-11(15)9-4-3-5-10(14)6-9/h3-6,8,11H,7,15H2,1-2H3,(H,16,19). The summed E-state index contributed by atoms with van der Waals surface area (Å²) in [6.45, 7) is 3.82. The molecule has 0 spiro atoms. The molecule has 3 N–H and O–H groups in total. The summed E-state index contributed by atoms with van der Waals surface area (Å²) in [5.74, 6) is 0.210. The highest BCUT2D eigenvalue weighted by molar-refractivity contribution is 7.99. The van der Waals surface area contributed by atoms with Crippen LogP contribution in [0.3, 0.4) is 0 Å². The second-order valence-corrected chi connectivity index (χ2v) is 5.73. The molecule has 0 bridgehead atoms. The fourth-order valence-corrected chi connectivity index (χ4v) is 2.91. The van der Waals surface area contributed by atoms with Gasteiger partial charge >= 0.3 is 5.69 Å². The van der Waals surface area contributed by atoms with E-state index in [4.69, 9.17) is 5.73 Å². The number of hydrogen-bond acceptors (Lipinski definition) is 4. The van der Waals surface area contributed by atoms with Gasteiger partial charge in [-0.25, -0.2) is 14.3 Å². The molecule has 0 amide bonds. The number of benzene rings is 1. The summed E-state index contributed by atoms with van der Waals surface area (Å²) in [4.78, 5) is 11.6. The van der Waals surface area contributed by atoms with Crippen molar-refractivity contribution in [1.82, 2.24) is 14.8 Å². The second-order valence-electron chi connectivity index (χ2n) is 4.75. The molecule has 5 nitrogen and oxygen atoms in total. The Morgan fingerprint density at radius 1 is 1.50 bits per heavy atom. The largest absolute Gasteiger partial charge is 0.344 e. The van der Waals surface area contributed by atoms with Gasteiger partial charge in [0.15, 0.2) is 5.16 Å². The Labute approximate surface area is 120 Å². The van der Waals surface area contributed by atoms with Crippen LogP contribution in [0.2, 0.25) is 0 Å². The fraction of sp³-hybridized carbons (Fsp3) is 0.385. The van der Waals surface area contributed by atoms with Gasteiger partial charge in [0, 0.05) is 17.8 Å². The first-order valence-electron chi connectivity index (χ1n) is 6.29. The zero-order chi connectivity index (χ0) is 14.7. The third kappa shape index (κ3) is 3.29. The molecule has 1 heterocycles. The van der Waals surface area contributed by atoms with E-state index in [1.807, 2.05) is 13.8 Å². The smallest absolute Gasteiger partial charge is 0.323 e. The van der Waals surface area contributed by atoms with Crippen molar-refractivity contribution in [3.8, 4) is 0 Å². The number of H-pyrrole nitrogens is 1. The van der Waals surface area contributed by atoms with Crippen LogP contribution < -0.4 is 11.4 Å². The lowest BCUT2D eigenvalue weighted by atomic mass is 10.1. The van der Waals surface area contributed by atoms with E-state index in [2.05, 4.69) is 10.2 Å². The summed E-state index contributed by atoms with van der Waals surface area (Å²) in [6.07, 6.45) is 0. The molecule has 1 unspecified atom stereocenters. The summed E-state index contributed by atoms with van der Waals surface area (Å²) < 4.78 is 14.7. The molecule has 0 saturated carbocycles. The number of nitrogens with two attached hydrogens (primary N) is 1. The number of nitrogens with one attached hydrogen (secondary N) is 1. The van der Waals surface area contributed by atoms with Crippen molar-refractivity contribution in [2.24, 2.45) is 5.73 Å². The van der Waals surface area contributed by atoms with Crippen molar-refractivity contribution < 1.29 is 4.39 Å². The number of halogens is 1. The number of aromatic amines is 1. The normalized spacial score (nSPS) is 12.8. The zero-order valence-corrected chi connectivity index (χ0v) is 12.2. The van der Waals surface area contributed by atoms with Crippen LogP contribution in [0.1, 0.15) is 31.5 Å². The monoisotopic (exact) mass is 296 g/mol. The van der Waals surface area contributed by atoms with E-state index in [9.17, 15) is 9.18 Å². The molecule has 108 valence electrons. The third-order valence-electron chi connectivity index (χ3n) is 2.86. The van der Waals surface area contributed by atoms with Gasteiger partial charge in [0.05, 0.1) is 0 Å². The van der Waals surface area contributed by atoms with Gasteiger partial charge in [-0.2, -0.15) is 0 Å². The predicted molar refractivity (Wildman–Crippen MR) is 77.3 cm³/mol. The van der Waals surface area contributed by atoms with Crippen LogP contribution in [0.5, 0.6) is 0 Å². The predicted octanol–water partition coefficient (Wildman–Crippen LogP) is 2.08. The van der Waals surface area contributed by atoms with Gasteiger partial charge in [-0.05, 0) is 31.5 Å². The SMILES string of the molecule is CC(C)n1c(SCC(N)c2cccc(F)c2)n[nH]c1=O. The number of hydrogen-bond donors (Lipinski definition) is 2. The molecule has 0 fully saturated rings. The zero-order valence-electron chi connectivity index (χ0n) is 11.3. The molecule has 0 radical (unpaired) electrons. The Bertz CT molecular complexity index is 637. The molecule has 2 aromatic rings. The number of rotatable bonds is 5. The Morgan fingerprint density at radius 3 is 2.90 bits per heavy atom. The quantitative estimate of drug-likeness (QED) is 0.828. The minimum atomic E-state index is -0.317. The van der Waals surface area contributed by atoms with Crippen molar-refractivity contribution >= 4 is 11.8 Å². The van der Waals surface area contributed by atoms with Gasteiger partial charge in [-0.3, -0.25) is 4.57 Å². The van der Waals surface area contributed by atoms with Crippen LogP contribution in [0.4, 0.5) is 4.39 Å². The molecule has 7 heteroatoms. The van der Waals surface area contributed by atoms with E-state index in [1.165, 1.54) is 23.9 Å². The minimum absolute atomic E-state index is 0.0224. The van der Waals surface area contributed by atoms with Gasteiger partial charge in [0.1, 0.15) is 5.82 Å². The van der Waals surface area contributed by atoms with Crippen molar-refractivity contribution in [2.75, 3.05) is 5.75 Å². The van der Waals surface area contributed by atoms with Crippen LogP contribution in [0, 0.1) is 5.82 Å². The van der Waals surface area contributed by atoms with E-state index in [0.29, 0.717) is 10.9 Å². The topological polar surface area (TPSA) is 76.7 Å². The lowest BCUT2D eigenvalue weighted by Crippen LogP contribution is -2.20. The molecule has 0 saturated heterocycles. The summed E-state index contributed by atoms with van der Waals surface area (Å²) in [7, 11) is 0. The third-order valence-corrected chi connectivity index (χ3v) is 3.93. The van der Waals surface area contributed by atoms with Gasteiger partial charge in [-0.1, -0.05) is 23.9 Å². The maximum absolute atomic E-state index is 13.1. The Balaban J connectivity index is 2.07. The van der Waals surface area contributed by atoms with Crippen molar-refractivity contribution in [3.63, 3.8) is 0 Å². The average molecular weight is 296 g/mol. The maximum atomic E-state index is 13.1. The molecule has 0 aliphatic rings. The highest BCUT2D eigenvalue weighted by atomic mass is 32.2. The Morgan fingerprint density at radius 2 is 2.25 bits per heavy atom. The summed E-state index contributed by atoms with van der Waals surface area (Å²) >= 11 is 1.38. The van der Waals surface area contributed by atoms with Crippen molar-refractivity contribution in [3.05, 3.63) is 46.1 Å². The van der Waals surface area contributed by atoms with E-state index in [-0.39, 0.29) is 23.6 Å². The summed E-state index contributed by atoms with van der Waals surface area (Å²) in [5, 5.41) is 7.00. The first kappa shape index (κ1) is 14.8. The molecule has 1 aromatic heterocycles. The van der Waals surface area contributed by atoms with Crippen molar-refractivity contribution in [1.29, 1.82) is 0 Å². The Kier molecular flexibility index (Phi) is 4.61.